The van der Waals surface area contributed by atoms with Gasteiger partial charge < -0.3 is 0 Å². The topological polar surface area (TPSA) is 41.6 Å². The molecule has 0 saturated heterocycles. The van der Waals surface area contributed by atoms with Crippen LogP contribution < -0.4 is 5.44 Å². The first-order valence-corrected chi connectivity index (χ1v) is 6.55. The van der Waals surface area contributed by atoms with E-state index in [9.17, 15) is 0 Å². The molecule has 80 valence electrons. The van der Waals surface area contributed by atoms with E-state index in [-0.39, 0.29) is 5.41 Å². The highest BCUT2D eigenvalue weighted by molar-refractivity contribution is 7.46. The van der Waals surface area contributed by atoms with Crippen LogP contribution >= 0.6 is 8.58 Å². The van der Waals surface area contributed by atoms with Crippen LogP contribution in [0.3, 0.4) is 0 Å². The molecule has 2 aromatic heterocycles. The number of H-pyrrole nitrogens is 1. The summed E-state index contributed by atoms with van der Waals surface area (Å²) in [6.07, 6.45) is 1.87. The van der Waals surface area contributed by atoms with Gasteiger partial charge >= 0.3 is 0 Å². The average Bonchev–Trinajstić information content (AvgIpc) is 2.59. The number of pyridine rings is 1. The third-order valence-corrected chi connectivity index (χ3v) is 3.30. The monoisotopic (exact) mass is 221 g/mol. The van der Waals surface area contributed by atoms with Gasteiger partial charge in [0.15, 0.2) is 0 Å². The van der Waals surface area contributed by atoms with Gasteiger partial charge in [-0.15, -0.1) is 0 Å². The maximum Gasteiger partial charge on any atom is 0.118 e. The number of hydrogen-bond acceptors (Lipinski definition) is 2. The maximum absolute atomic E-state index is 4.38. The maximum atomic E-state index is 4.38. The van der Waals surface area contributed by atoms with E-state index in [0.717, 1.165) is 11.0 Å². The molecule has 2 heterocycles. The van der Waals surface area contributed by atoms with Crippen molar-refractivity contribution in [2.45, 2.75) is 26.2 Å². The Morgan fingerprint density at radius 3 is 2.67 bits per heavy atom. The molecule has 0 fully saturated rings. The molecule has 1 N–H and O–H groups in total. The third-order valence-electron chi connectivity index (χ3n) is 2.46. The van der Waals surface area contributed by atoms with E-state index in [1.807, 2.05) is 12.3 Å². The van der Waals surface area contributed by atoms with Crippen molar-refractivity contribution < 1.29 is 0 Å². The van der Waals surface area contributed by atoms with Gasteiger partial charge in [-0.05, 0) is 12.7 Å². The first-order valence-electron chi connectivity index (χ1n) is 5.05. The van der Waals surface area contributed by atoms with Crippen LogP contribution in [-0.2, 0) is 5.41 Å². The summed E-state index contributed by atoms with van der Waals surface area (Å²) in [7, 11) is 0.687. The van der Waals surface area contributed by atoms with Crippen LogP contribution in [0, 0.1) is 0 Å². The highest BCUT2D eigenvalue weighted by atomic mass is 31.1. The minimum atomic E-state index is 0.101. The summed E-state index contributed by atoms with van der Waals surface area (Å²) in [6.45, 7) is 8.70. The van der Waals surface area contributed by atoms with Crippen LogP contribution in [0.15, 0.2) is 12.3 Å². The zero-order chi connectivity index (χ0) is 11.1. The van der Waals surface area contributed by atoms with E-state index in [2.05, 4.69) is 42.6 Å². The first-order chi connectivity index (χ1) is 7.04. The molecule has 2 aromatic rings. The minimum Gasteiger partial charge on any atom is -0.281 e. The molecule has 15 heavy (non-hydrogen) atoms. The van der Waals surface area contributed by atoms with E-state index in [0.29, 0.717) is 8.58 Å². The van der Waals surface area contributed by atoms with Crippen molar-refractivity contribution in [3.63, 3.8) is 0 Å². The van der Waals surface area contributed by atoms with Gasteiger partial charge in [0.05, 0.1) is 5.44 Å². The normalized spacial score (nSPS) is 13.1. The molecule has 0 aliphatic heterocycles. The van der Waals surface area contributed by atoms with Gasteiger partial charge in [-0.25, -0.2) is 0 Å². The Balaban J connectivity index is 2.72. The van der Waals surface area contributed by atoms with Crippen LogP contribution in [-0.4, -0.2) is 21.8 Å². The van der Waals surface area contributed by atoms with Crippen molar-refractivity contribution in [1.29, 1.82) is 0 Å². The van der Waals surface area contributed by atoms with Gasteiger partial charge in [-0.3, -0.25) is 10.1 Å². The predicted molar refractivity (Wildman–Crippen MR) is 66.5 cm³/mol. The SMILES string of the molecule is CPc1nccc2c(C(C)(C)C)[nH]nc12. The highest BCUT2D eigenvalue weighted by Crippen LogP contribution is 2.27. The van der Waals surface area contributed by atoms with Crippen LogP contribution in [0.2, 0.25) is 0 Å². The zero-order valence-corrected chi connectivity index (χ0v) is 10.5. The van der Waals surface area contributed by atoms with E-state index in [4.69, 9.17) is 0 Å². The molecular formula is C11H16N3P. The summed E-state index contributed by atoms with van der Waals surface area (Å²) in [5, 5.41) is 8.73. The van der Waals surface area contributed by atoms with Gasteiger partial charge in [-0.1, -0.05) is 29.4 Å². The molecule has 0 spiro atoms. The lowest BCUT2D eigenvalue weighted by Crippen LogP contribution is -2.12. The summed E-state index contributed by atoms with van der Waals surface area (Å²) in [5.41, 5.74) is 3.42. The Bertz CT molecular complexity index is 482. The van der Waals surface area contributed by atoms with Gasteiger partial charge in [-0.2, -0.15) is 5.10 Å². The number of aromatic amines is 1. The van der Waals surface area contributed by atoms with Crippen LogP contribution in [0.1, 0.15) is 26.5 Å². The minimum absolute atomic E-state index is 0.101. The Kier molecular flexibility index (Phi) is 2.51. The standard InChI is InChI=1S/C11H16N3P/c1-11(2,3)9-7-5-6-12-10(15-4)8(7)13-14-9/h5-6,15H,1-4H3,(H,13,14). The van der Waals surface area contributed by atoms with E-state index >= 15 is 0 Å². The lowest BCUT2D eigenvalue weighted by molar-refractivity contribution is 0.571. The second-order valence-corrected chi connectivity index (χ2v) is 5.63. The predicted octanol–water partition coefficient (Wildman–Crippen LogP) is 2.19. The van der Waals surface area contributed by atoms with Crippen LogP contribution in [0.5, 0.6) is 0 Å². The van der Waals surface area contributed by atoms with Crippen molar-refractivity contribution in [2.24, 2.45) is 0 Å². The molecular weight excluding hydrogens is 205 g/mol. The molecule has 1 atom stereocenters. The van der Waals surface area contributed by atoms with Crippen molar-refractivity contribution in [1.82, 2.24) is 15.2 Å². The largest absolute Gasteiger partial charge is 0.281 e. The number of nitrogens with one attached hydrogen (secondary N) is 1. The number of aromatic nitrogens is 3. The lowest BCUT2D eigenvalue weighted by Gasteiger charge is -2.16. The summed E-state index contributed by atoms with van der Waals surface area (Å²) in [5.74, 6) is 0. The number of hydrogen-bond donors (Lipinski definition) is 1. The molecule has 1 unspecified atom stereocenters. The number of nitrogens with zero attached hydrogens (tertiary/aromatic N) is 2. The molecule has 0 aliphatic carbocycles. The molecule has 0 saturated carbocycles. The fourth-order valence-electron chi connectivity index (χ4n) is 1.70. The van der Waals surface area contributed by atoms with E-state index in [1.54, 1.807) is 0 Å². The summed E-state index contributed by atoms with van der Waals surface area (Å²) in [6, 6.07) is 2.04. The lowest BCUT2D eigenvalue weighted by atomic mass is 9.90. The van der Waals surface area contributed by atoms with E-state index < -0.39 is 0 Å². The molecule has 0 bridgehead atoms. The van der Waals surface area contributed by atoms with Gasteiger partial charge in [0, 0.05) is 22.7 Å². The van der Waals surface area contributed by atoms with Crippen molar-refractivity contribution >= 4 is 24.9 Å². The molecule has 0 radical (unpaired) electrons. The second kappa shape index (κ2) is 3.57. The number of rotatable bonds is 1. The zero-order valence-electron chi connectivity index (χ0n) is 9.55. The van der Waals surface area contributed by atoms with Gasteiger partial charge in [0.2, 0.25) is 0 Å². The highest BCUT2D eigenvalue weighted by Gasteiger charge is 2.20. The van der Waals surface area contributed by atoms with Crippen LogP contribution in [0.25, 0.3) is 10.9 Å². The van der Waals surface area contributed by atoms with Crippen molar-refractivity contribution in [3.8, 4) is 0 Å². The molecule has 2 rings (SSSR count). The second-order valence-electron chi connectivity index (χ2n) is 4.65. The van der Waals surface area contributed by atoms with Gasteiger partial charge in [0.25, 0.3) is 0 Å². The smallest absolute Gasteiger partial charge is 0.118 e. The van der Waals surface area contributed by atoms with Gasteiger partial charge in [0.1, 0.15) is 5.52 Å². The average molecular weight is 221 g/mol. The molecule has 0 amide bonds. The summed E-state index contributed by atoms with van der Waals surface area (Å²) in [4.78, 5) is 4.35. The molecule has 0 aromatic carbocycles. The van der Waals surface area contributed by atoms with Crippen molar-refractivity contribution in [3.05, 3.63) is 18.0 Å². The van der Waals surface area contributed by atoms with E-state index in [1.165, 1.54) is 11.1 Å². The molecule has 4 heteroatoms. The molecule has 3 nitrogen and oxygen atoms in total. The fourth-order valence-corrected chi connectivity index (χ4v) is 2.33. The van der Waals surface area contributed by atoms with Crippen molar-refractivity contribution in [2.75, 3.05) is 6.66 Å². The Morgan fingerprint density at radius 1 is 1.33 bits per heavy atom. The Morgan fingerprint density at radius 2 is 2.07 bits per heavy atom. The fraction of sp³-hybridized carbons (Fsp3) is 0.455. The third kappa shape index (κ3) is 1.76. The first kappa shape index (κ1) is 10.6. The molecule has 0 aliphatic rings. The van der Waals surface area contributed by atoms with Crippen LogP contribution in [0.4, 0.5) is 0 Å². The Labute approximate surface area is 91.5 Å². The Hall–Kier alpha value is -0.950. The number of fused-ring (bicyclic) bond motifs is 1. The summed E-state index contributed by atoms with van der Waals surface area (Å²) < 4.78 is 0. The summed E-state index contributed by atoms with van der Waals surface area (Å²) >= 11 is 0. The quantitative estimate of drug-likeness (QED) is 0.750.